The molecule has 2 fully saturated rings. The molecule has 2 aromatic rings. The van der Waals surface area contributed by atoms with Crippen molar-refractivity contribution in [2.24, 2.45) is 5.92 Å². The SMILES string of the molecule is CC(C)Cc1ccc(Cc2cc([C@H]3C[C@@H](O)C[C@@H](CO)O3)ccc2C2CC2)cc1. The van der Waals surface area contributed by atoms with Gasteiger partial charge in [0.05, 0.1) is 24.9 Å². The summed E-state index contributed by atoms with van der Waals surface area (Å²) in [6.45, 7) is 4.48. The second-order valence-electron chi connectivity index (χ2n) is 9.38. The van der Waals surface area contributed by atoms with Crippen LogP contribution in [-0.4, -0.2) is 29.0 Å². The van der Waals surface area contributed by atoms with Crippen molar-refractivity contribution < 1.29 is 14.9 Å². The van der Waals surface area contributed by atoms with Crippen LogP contribution in [0.1, 0.15) is 79.4 Å². The summed E-state index contributed by atoms with van der Waals surface area (Å²) in [5.74, 6) is 1.37. The highest BCUT2D eigenvalue weighted by atomic mass is 16.5. The maximum absolute atomic E-state index is 10.2. The summed E-state index contributed by atoms with van der Waals surface area (Å²) in [6.07, 6.45) is 4.91. The molecule has 1 aliphatic carbocycles. The number of rotatable bonds is 7. The fourth-order valence-corrected chi connectivity index (χ4v) is 4.58. The van der Waals surface area contributed by atoms with Crippen LogP contribution >= 0.6 is 0 Å². The van der Waals surface area contributed by atoms with Gasteiger partial charge in [0.1, 0.15) is 0 Å². The van der Waals surface area contributed by atoms with Crippen molar-refractivity contribution in [3.05, 3.63) is 70.3 Å². The maximum atomic E-state index is 10.2. The molecule has 1 saturated heterocycles. The molecule has 0 aromatic heterocycles. The summed E-state index contributed by atoms with van der Waals surface area (Å²) in [5.41, 5.74) is 6.72. The van der Waals surface area contributed by atoms with Crippen LogP contribution in [-0.2, 0) is 17.6 Å². The third kappa shape index (κ3) is 5.28. The Bertz CT molecular complexity index is 807. The smallest absolute Gasteiger partial charge is 0.0854 e. The summed E-state index contributed by atoms with van der Waals surface area (Å²) in [7, 11) is 0. The van der Waals surface area contributed by atoms with Gasteiger partial charge >= 0.3 is 0 Å². The van der Waals surface area contributed by atoms with Crippen LogP contribution in [0.15, 0.2) is 42.5 Å². The van der Waals surface area contributed by atoms with Crippen LogP contribution < -0.4 is 0 Å². The van der Waals surface area contributed by atoms with E-state index in [1.807, 2.05) is 0 Å². The summed E-state index contributed by atoms with van der Waals surface area (Å²) in [4.78, 5) is 0. The predicted octanol–water partition coefficient (Wildman–Crippen LogP) is 4.93. The molecule has 2 aliphatic rings. The zero-order valence-corrected chi connectivity index (χ0v) is 17.7. The van der Waals surface area contributed by atoms with E-state index in [0.29, 0.717) is 24.7 Å². The maximum Gasteiger partial charge on any atom is 0.0854 e. The lowest BCUT2D eigenvalue weighted by molar-refractivity contribution is -0.113. The molecule has 1 heterocycles. The molecule has 0 spiro atoms. The molecule has 0 amide bonds. The second kappa shape index (κ2) is 8.99. The van der Waals surface area contributed by atoms with Crippen LogP contribution in [0.3, 0.4) is 0 Å². The molecule has 0 unspecified atom stereocenters. The molecule has 4 rings (SSSR count). The molecular formula is C26H34O3. The first kappa shape index (κ1) is 20.6. The van der Waals surface area contributed by atoms with Gasteiger partial charge in [-0.05, 0) is 65.3 Å². The largest absolute Gasteiger partial charge is 0.394 e. The Kier molecular flexibility index (Phi) is 6.38. The molecular weight excluding hydrogens is 360 g/mol. The van der Waals surface area contributed by atoms with E-state index in [-0.39, 0.29) is 18.8 Å². The minimum absolute atomic E-state index is 0.0384. The van der Waals surface area contributed by atoms with Gasteiger partial charge in [0.25, 0.3) is 0 Å². The fourth-order valence-electron chi connectivity index (χ4n) is 4.58. The number of aliphatic hydroxyl groups excluding tert-OH is 2. The first-order valence-corrected chi connectivity index (χ1v) is 11.2. The zero-order chi connectivity index (χ0) is 20.4. The van der Waals surface area contributed by atoms with Crippen molar-refractivity contribution in [2.75, 3.05) is 6.61 Å². The summed E-state index contributed by atoms with van der Waals surface area (Å²) in [6, 6.07) is 15.8. The number of hydrogen-bond donors (Lipinski definition) is 2. The first-order valence-electron chi connectivity index (χ1n) is 11.2. The normalized spacial score (nSPS) is 24.8. The Morgan fingerprint density at radius 2 is 1.72 bits per heavy atom. The molecule has 1 saturated carbocycles. The first-order chi connectivity index (χ1) is 14.0. The quantitative estimate of drug-likeness (QED) is 0.700. The highest BCUT2D eigenvalue weighted by molar-refractivity contribution is 5.41. The molecule has 1 aliphatic heterocycles. The van der Waals surface area contributed by atoms with E-state index in [4.69, 9.17) is 4.74 Å². The molecule has 3 nitrogen and oxygen atoms in total. The molecule has 3 atom stereocenters. The Morgan fingerprint density at radius 1 is 1.00 bits per heavy atom. The minimum atomic E-state index is -0.411. The lowest BCUT2D eigenvalue weighted by Crippen LogP contribution is -2.33. The van der Waals surface area contributed by atoms with Crippen molar-refractivity contribution in [3.8, 4) is 0 Å². The summed E-state index contributed by atoms with van der Waals surface area (Å²) in [5, 5.41) is 19.7. The van der Waals surface area contributed by atoms with Gasteiger partial charge < -0.3 is 14.9 Å². The third-order valence-electron chi connectivity index (χ3n) is 6.20. The molecule has 3 heteroatoms. The number of aliphatic hydroxyl groups is 2. The van der Waals surface area contributed by atoms with Gasteiger partial charge in [-0.2, -0.15) is 0 Å². The Balaban J connectivity index is 1.56. The fraction of sp³-hybridized carbons (Fsp3) is 0.538. The molecule has 0 bridgehead atoms. The Labute approximate surface area is 174 Å². The van der Waals surface area contributed by atoms with Crippen molar-refractivity contribution >= 4 is 0 Å². The Hall–Kier alpha value is -1.68. The van der Waals surface area contributed by atoms with Crippen LogP contribution in [0.2, 0.25) is 0 Å². The van der Waals surface area contributed by atoms with E-state index in [0.717, 1.165) is 18.4 Å². The zero-order valence-electron chi connectivity index (χ0n) is 17.7. The topological polar surface area (TPSA) is 49.7 Å². The molecule has 0 radical (unpaired) electrons. The molecule has 29 heavy (non-hydrogen) atoms. The van der Waals surface area contributed by atoms with Crippen LogP contribution in [0.4, 0.5) is 0 Å². The second-order valence-corrected chi connectivity index (χ2v) is 9.38. The standard InChI is InChI=1S/C26H34O3/c1-17(2)11-18-3-5-19(6-4-18)12-22-13-21(9-10-25(22)20-7-8-20)26-15-23(28)14-24(16-27)29-26/h3-6,9-10,13,17,20,23-24,26-28H,7-8,11-12,14-16H2,1-2H3/t23-,24-,26+/m0/s1. The lowest BCUT2D eigenvalue weighted by Gasteiger charge is -2.33. The lowest BCUT2D eigenvalue weighted by atomic mass is 9.90. The molecule has 2 aromatic carbocycles. The van der Waals surface area contributed by atoms with Gasteiger partial charge in [0.15, 0.2) is 0 Å². The highest BCUT2D eigenvalue weighted by Gasteiger charge is 2.31. The van der Waals surface area contributed by atoms with Crippen molar-refractivity contribution in [2.45, 2.75) is 76.6 Å². The minimum Gasteiger partial charge on any atom is -0.394 e. The predicted molar refractivity (Wildman–Crippen MR) is 116 cm³/mol. The van der Waals surface area contributed by atoms with E-state index < -0.39 is 6.10 Å². The average molecular weight is 395 g/mol. The van der Waals surface area contributed by atoms with Gasteiger partial charge in [-0.15, -0.1) is 0 Å². The summed E-state index contributed by atoms with van der Waals surface area (Å²) < 4.78 is 6.06. The Morgan fingerprint density at radius 3 is 2.38 bits per heavy atom. The van der Waals surface area contributed by atoms with E-state index in [2.05, 4.69) is 56.3 Å². The van der Waals surface area contributed by atoms with Crippen LogP contribution in [0, 0.1) is 5.92 Å². The van der Waals surface area contributed by atoms with Gasteiger partial charge in [-0.3, -0.25) is 0 Å². The van der Waals surface area contributed by atoms with Gasteiger partial charge in [0, 0.05) is 12.8 Å². The van der Waals surface area contributed by atoms with E-state index >= 15 is 0 Å². The number of benzene rings is 2. The van der Waals surface area contributed by atoms with E-state index in [1.54, 1.807) is 0 Å². The van der Waals surface area contributed by atoms with Gasteiger partial charge in [0.2, 0.25) is 0 Å². The number of hydrogen-bond acceptors (Lipinski definition) is 3. The molecule has 2 N–H and O–H groups in total. The van der Waals surface area contributed by atoms with E-state index in [1.165, 1.54) is 35.1 Å². The van der Waals surface area contributed by atoms with Crippen LogP contribution in [0.5, 0.6) is 0 Å². The van der Waals surface area contributed by atoms with E-state index in [9.17, 15) is 10.2 Å². The van der Waals surface area contributed by atoms with Crippen molar-refractivity contribution in [1.82, 2.24) is 0 Å². The third-order valence-corrected chi connectivity index (χ3v) is 6.20. The van der Waals surface area contributed by atoms with Gasteiger partial charge in [-0.25, -0.2) is 0 Å². The van der Waals surface area contributed by atoms with Crippen LogP contribution in [0.25, 0.3) is 0 Å². The average Bonchev–Trinajstić information content (AvgIpc) is 3.54. The summed E-state index contributed by atoms with van der Waals surface area (Å²) >= 11 is 0. The van der Waals surface area contributed by atoms with Gasteiger partial charge in [-0.1, -0.05) is 56.3 Å². The van der Waals surface area contributed by atoms with Crippen molar-refractivity contribution in [3.63, 3.8) is 0 Å². The highest BCUT2D eigenvalue weighted by Crippen LogP contribution is 2.43. The monoisotopic (exact) mass is 394 g/mol. The molecule has 156 valence electrons. The van der Waals surface area contributed by atoms with Crippen molar-refractivity contribution in [1.29, 1.82) is 0 Å². The number of ether oxygens (including phenoxy) is 1.